The monoisotopic (exact) mass is 578 g/mol. The van der Waals surface area contributed by atoms with Gasteiger partial charge in [-0.1, -0.05) is 152 Å². The number of allylic oxidation sites excluding steroid dienone is 2. The van der Waals surface area contributed by atoms with Crippen molar-refractivity contribution >= 4 is 27.1 Å². The molecule has 1 heterocycles. The van der Waals surface area contributed by atoms with E-state index in [2.05, 4.69) is 85.0 Å². The van der Waals surface area contributed by atoms with Crippen LogP contribution in [0.1, 0.15) is 22.5 Å². The number of rotatable bonds is 4. The fourth-order valence-electron chi connectivity index (χ4n) is 7.00. The van der Waals surface area contributed by atoms with Crippen LogP contribution in [-0.2, 0) is 0 Å². The first-order valence-corrected chi connectivity index (χ1v) is 15.4. The van der Waals surface area contributed by atoms with Crippen LogP contribution in [0.5, 0.6) is 5.75 Å². The zero-order valence-corrected chi connectivity index (χ0v) is 24.4. The van der Waals surface area contributed by atoms with Gasteiger partial charge in [0.25, 0.3) is 0 Å². The van der Waals surface area contributed by atoms with E-state index in [1.54, 1.807) is 0 Å². The van der Waals surface area contributed by atoms with Crippen molar-refractivity contribution in [3.8, 4) is 39.1 Å². The number of fused-ring (bicyclic) bond motifs is 5. The fourth-order valence-corrected chi connectivity index (χ4v) is 7.00. The van der Waals surface area contributed by atoms with Crippen LogP contribution in [0.2, 0.25) is 0 Å². The number of benzene rings is 7. The number of hydrogen-bond donors (Lipinski definition) is 0. The Kier molecular flexibility index (Phi) is 5.12. The molecule has 0 radical (unpaired) electrons. The Morgan fingerprint density at radius 1 is 0.533 bits per heavy atom. The van der Waals surface area contributed by atoms with Crippen molar-refractivity contribution in [2.24, 2.45) is 0 Å². The highest BCUT2D eigenvalue weighted by atomic mass is 16.5. The van der Waals surface area contributed by atoms with Crippen LogP contribution in [0.4, 0.5) is 0 Å². The number of hydrogen-bond acceptors (Lipinski definition) is 1. The lowest BCUT2D eigenvalue weighted by Crippen LogP contribution is -2.17. The van der Waals surface area contributed by atoms with Gasteiger partial charge in [-0.15, -0.1) is 0 Å². The third-order valence-corrected chi connectivity index (χ3v) is 9.08. The second-order valence-corrected chi connectivity index (χ2v) is 11.7. The Balaban J connectivity index is 1.26. The van der Waals surface area contributed by atoms with Gasteiger partial charge in [0, 0.05) is 11.5 Å². The van der Waals surface area contributed by atoms with Crippen molar-refractivity contribution in [1.29, 1.82) is 0 Å². The predicted molar refractivity (Wildman–Crippen MR) is 188 cm³/mol. The summed E-state index contributed by atoms with van der Waals surface area (Å²) in [6, 6.07) is 42.3. The third-order valence-electron chi connectivity index (χ3n) is 9.08. The lowest BCUT2D eigenvalue weighted by molar-refractivity contribution is 0.269. The minimum Gasteiger partial charge on any atom is -0.485 e. The van der Waals surface area contributed by atoms with Gasteiger partial charge in [0.05, 0.1) is 5.48 Å². The molecule has 0 saturated carbocycles. The standard InChI is InChI=1S/C44H30O/c1-3-12-29(13-4-1)31-16-11-17-33(26-31)43-36-18-7-9-20-38(36)44(39-21-10-8-19-37(39)43)34-23-25-41-40(27-34)35-24-22-32(28-42(35)45-41)30-14-5-2-6-15-30/h1-28,40-41H/i11D,16D,17D,26D. The molecular formula is C44H30O. The van der Waals surface area contributed by atoms with Gasteiger partial charge in [-0.05, 0) is 84.2 Å². The molecule has 7 aromatic rings. The average molecular weight is 579 g/mol. The molecule has 1 nitrogen and oxygen atoms in total. The molecule has 45 heavy (non-hydrogen) atoms. The maximum Gasteiger partial charge on any atom is 0.128 e. The summed E-state index contributed by atoms with van der Waals surface area (Å²) in [7, 11) is 0. The Morgan fingerprint density at radius 3 is 1.78 bits per heavy atom. The zero-order chi connectivity index (χ0) is 33.2. The second-order valence-electron chi connectivity index (χ2n) is 11.7. The van der Waals surface area contributed by atoms with E-state index in [-0.39, 0.29) is 36.2 Å². The van der Waals surface area contributed by atoms with Crippen LogP contribution < -0.4 is 4.74 Å². The van der Waals surface area contributed by atoms with E-state index < -0.39 is 0 Å². The van der Waals surface area contributed by atoms with Crippen LogP contribution in [0.15, 0.2) is 170 Å². The molecule has 0 amide bonds. The summed E-state index contributed by atoms with van der Waals surface area (Å²) in [5.74, 6) is 0.966. The summed E-state index contributed by atoms with van der Waals surface area (Å²) in [6.45, 7) is 0. The van der Waals surface area contributed by atoms with Gasteiger partial charge < -0.3 is 4.74 Å². The normalized spacial score (nSPS) is 17.9. The first kappa shape index (κ1) is 21.9. The lowest BCUT2D eigenvalue weighted by atomic mass is 9.81. The molecule has 1 aliphatic heterocycles. The summed E-state index contributed by atoms with van der Waals surface area (Å²) < 4.78 is 42.7. The highest BCUT2D eigenvalue weighted by Gasteiger charge is 2.34. The number of ether oxygens (including phenoxy) is 1. The Hall–Kier alpha value is -5.66. The molecular weight excluding hydrogens is 544 g/mol. The minimum absolute atomic E-state index is 0.0561. The predicted octanol–water partition coefficient (Wildman–Crippen LogP) is 11.5. The van der Waals surface area contributed by atoms with Crippen LogP contribution in [0, 0.1) is 0 Å². The van der Waals surface area contributed by atoms with E-state index in [0.717, 1.165) is 55.1 Å². The molecule has 212 valence electrons. The van der Waals surface area contributed by atoms with Gasteiger partial charge in [-0.3, -0.25) is 0 Å². The van der Waals surface area contributed by atoms with Gasteiger partial charge >= 0.3 is 0 Å². The molecule has 2 atom stereocenters. The van der Waals surface area contributed by atoms with Crippen LogP contribution in [0.25, 0.3) is 60.5 Å². The first-order valence-electron chi connectivity index (χ1n) is 17.4. The SMILES string of the molecule is [2H]c1c([2H])c(-c2ccccc2)c([2H])c(-c2c3ccccc3c(C3=CC4c5ccc(-c6ccccc6)cc5OC4C=C3)c3ccccc23)c1[2H]. The van der Waals surface area contributed by atoms with Gasteiger partial charge in [0.2, 0.25) is 0 Å². The molecule has 2 aliphatic rings. The second kappa shape index (κ2) is 10.5. The summed E-state index contributed by atoms with van der Waals surface area (Å²) >= 11 is 0. The Bertz CT molecular complexity index is 2460. The lowest BCUT2D eigenvalue weighted by Gasteiger charge is -2.22. The Labute approximate surface area is 269 Å². The van der Waals surface area contributed by atoms with Crippen molar-refractivity contribution in [3.63, 3.8) is 0 Å². The first-order chi connectivity index (χ1) is 24.0. The largest absolute Gasteiger partial charge is 0.485 e. The van der Waals surface area contributed by atoms with E-state index in [4.69, 9.17) is 8.85 Å². The molecule has 9 rings (SSSR count). The summed E-state index contributed by atoms with van der Waals surface area (Å²) in [6.07, 6.45) is 6.56. The molecule has 0 aromatic heterocycles. The molecule has 1 aliphatic carbocycles. The van der Waals surface area contributed by atoms with E-state index in [9.17, 15) is 1.37 Å². The van der Waals surface area contributed by atoms with Gasteiger partial charge in [0.1, 0.15) is 11.9 Å². The Morgan fingerprint density at radius 2 is 1.11 bits per heavy atom. The third kappa shape index (κ3) is 4.31. The van der Waals surface area contributed by atoms with E-state index >= 15 is 0 Å². The van der Waals surface area contributed by atoms with Crippen LogP contribution in [-0.4, -0.2) is 6.10 Å². The molecule has 0 saturated heterocycles. The molecule has 1 heteroatoms. The fraction of sp³-hybridized carbons (Fsp3) is 0.0455. The summed E-state index contributed by atoms with van der Waals surface area (Å²) in [5.41, 5.74) is 7.82. The molecule has 0 fully saturated rings. The van der Waals surface area contributed by atoms with Gasteiger partial charge in [-0.2, -0.15) is 0 Å². The maximum atomic E-state index is 9.46. The van der Waals surface area contributed by atoms with E-state index in [0.29, 0.717) is 16.7 Å². The maximum absolute atomic E-state index is 9.46. The average Bonchev–Trinajstić information content (AvgIpc) is 3.52. The van der Waals surface area contributed by atoms with Crippen LogP contribution >= 0.6 is 0 Å². The summed E-state index contributed by atoms with van der Waals surface area (Å²) in [5, 5.41) is 3.82. The van der Waals surface area contributed by atoms with Crippen molar-refractivity contribution in [2.45, 2.75) is 12.0 Å². The topological polar surface area (TPSA) is 9.23 Å². The minimum atomic E-state index is -0.179. The van der Waals surface area contributed by atoms with Gasteiger partial charge in [-0.25, -0.2) is 0 Å². The van der Waals surface area contributed by atoms with Crippen molar-refractivity contribution in [3.05, 3.63) is 181 Å². The van der Waals surface area contributed by atoms with Crippen molar-refractivity contribution in [2.75, 3.05) is 0 Å². The smallest absolute Gasteiger partial charge is 0.128 e. The zero-order valence-electron chi connectivity index (χ0n) is 28.4. The highest BCUT2D eigenvalue weighted by Crippen LogP contribution is 2.48. The molecule has 0 spiro atoms. The quantitative estimate of drug-likeness (QED) is 0.189. The molecule has 2 unspecified atom stereocenters. The molecule has 7 aromatic carbocycles. The summed E-state index contributed by atoms with van der Waals surface area (Å²) in [4.78, 5) is 0. The van der Waals surface area contributed by atoms with Crippen molar-refractivity contribution in [1.82, 2.24) is 0 Å². The highest BCUT2D eigenvalue weighted by molar-refractivity contribution is 6.19. The van der Waals surface area contributed by atoms with Crippen LogP contribution in [0.3, 0.4) is 0 Å². The van der Waals surface area contributed by atoms with Gasteiger partial charge in [0.15, 0.2) is 0 Å². The molecule has 0 N–H and O–H groups in total. The molecule has 0 bridgehead atoms. The van der Waals surface area contributed by atoms with E-state index in [1.807, 2.05) is 60.7 Å². The van der Waals surface area contributed by atoms with E-state index in [1.165, 1.54) is 5.56 Å². The van der Waals surface area contributed by atoms with Crippen molar-refractivity contribution < 1.29 is 10.2 Å².